The normalized spacial score (nSPS) is 30.5. The highest BCUT2D eigenvalue weighted by Crippen LogP contribution is 2.44. The highest BCUT2D eigenvalue weighted by atomic mass is 16.1. The fourth-order valence-electron chi connectivity index (χ4n) is 3.50. The smallest absolute Gasteiger partial charge is 0.251 e. The van der Waals surface area contributed by atoms with E-state index in [1.807, 2.05) is 31.2 Å². The molecule has 1 amide bonds. The van der Waals surface area contributed by atoms with Gasteiger partial charge in [-0.3, -0.25) is 4.79 Å². The summed E-state index contributed by atoms with van der Waals surface area (Å²) in [7, 11) is 0. The van der Waals surface area contributed by atoms with Crippen molar-refractivity contribution in [3.8, 4) is 0 Å². The first kappa shape index (κ1) is 10.8. The third-order valence-corrected chi connectivity index (χ3v) is 4.44. The van der Waals surface area contributed by atoms with E-state index >= 15 is 0 Å². The van der Waals surface area contributed by atoms with E-state index in [0.717, 1.165) is 23.0 Å². The van der Waals surface area contributed by atoms with Gasteiger partial charge >= 0.3 is 0 Å². The fraction of sp³-hybridized carbons (Fsp3) is 0.533. The third kappa shape index (κ3) is 1.97. The molecule has 1 aromatic carbocycles. The van der Waals surface area contributed by atoms with Gasteiger partial charge in [0.05, 0.1) is 0 Å². The average Bonchev–Trinajstić information content (AvgIpc) is 2.91. The van der Waals surface area contributed by atoms with Gasteiger partial charge in [0.1, 0.15) is 0 Å². The number of hydrogen-bond acceptors (Lipinski definition) is 1. The van der Waals surface area contributed by atoms with Gasteiger partial charge in [-0.25, -0.2) is 0 Å². The summed E-state index contributed by atoms with van der Waals surface area (Å²) < 4.78 is 0. The van der Waals surface area contributed by atoms with Gasteiger partial charge in [-0.15, -0.1) is 0 Å². The van der Waals surface area contributed by atoms with Crippen LogP contribution in [0.1, 0.15) is 41.6 Å². The molecule has 0 spiro atoms. The van der Waals surface area contributed by atoms with Crippen LogP contribution >= 0.6 is 0 Å². The summed E-state index contributed by atoms with van der Waals surface area (Å²) in [6.45, 7) is 2.00. The van der Waals surface area contributed by atoms with Crippen LogP contribution in [0, 0.1) is 18.8 Å². The van der Waals surface area contributed by atoms with Crippen LogP contribution in [-0.2, 0) is 0 Å². The Morgan fingerprint density at radius 2 is 2.06 bits per heavy atom. The minimum absolute atomic E-state index is 0.112. The summed E-state index contributed by atoms with van der Waals surface area (Å²) in [5, 5.41) is 3.23. The quantitative estimate of drug-likeness (QED) is 0.830. The van der Waals surface area contributed by atoms with E-state index in [2.05, 4.69) is 5.32 Å². The SMILES string of the molecule is Cc1ccccc1C(=O)N[C@@H]1C[C@@H]2CC[C@H]1C2. The van der Waals surface area contributed by atoms with E-state index in [-0.39, 0.29) is 5.91 Å². The molecule has 0 saturated heterocycles. The van der Waals surface area contributed by atoms with Crippen LogP contribution in [0.5, 0.6) is 0 Å². The summed E-state index contributed by atoms with van der Waals surface area (Å²) >= 11 is 0. The summed E-state index contributed by atoms with van der Waals surface area (Å²) in [5.41, 5.74) is 1.89. The van der Waals surface area contributed by atoms with Crippen molar-refractivity contribution in [2.24, 2.45) is 11.8 Å². The van der Waals surface area contributed by atoms with Crippen molar-refractivity contribution < 1.29 is 4.79 Å². The van der Waals surface area contributed by atoms with Crippen molar-refractivity contribution in [2.75, 3.05) is 0 Å². The molecule has 0 aliphatic heterocycles. The number of hydrogen-bond donors (Lipinski definition) is 1. The lowest BCUT2D eigenvalue weighted by Gasteiger charge is -2.23. The van der Waals surface area contributed by atoms with Crippen molar-refractivity contribution in [1.82, 2.24) is 5.32 Å². The van der Waals surface area contributed by atoms with Crippen LogP contribution in [0.3, 0.4) is 0 Å². The summed E-state index contributed by atoms with van der Waals surface area (Å²) in [4.78, 5) is 12.2. The molecule has 2 bridgehead atoms. The van der Waals surface area contributed by atoms with E-state index in [4.69, 9.17) is 0 Å². The second-order valence-corrected chi connectivity index (χ2v) is 5.57. The molecule has 0 radical (unpaired) electrons. The Morgan fingerprint density at radius 1 is 1.24 bits per heavy atom. The Morgan fingerprint density at radius 3 is 2.71 bits per heavy atom. The molecule has 1 aromatic rings. The van der Waals surface area contributed by atoms with Crippen LogP contribution in [-0.4, -0.2) is 11.9 Å². The molecule has 2 heteroatoms. The number of carbonyl (C=O) groups is 1. The highest BCUT2D eigenvalue weighted by molar-refractivity contribution is 5.95. The molecular formula is C15H19NO. The highest BCUT2D eigenvalue weighted by Gasteiger charge is 2.40. The lowest BCUT2D eigenvalue weighted by Crippen LogP contribution is -2.38. The van der Waals surface area contributed by atoms with E-state index < -0.39 is 0 Å². The van der Waals surface area contributed by atoms with Crippen molar-refractivity contribution in [3.05, 3.63) is 35.4 Å². The molecule has 1 N–H and O–H groups in total. The number of aryl methyl sites for hydroxylation is 1. The number of carbonyl (C=O) groups excluding carboxylic acids is 1. The maximum absolute atomic E-state index is 12.2. The summed E-state index contributed by atoms with van der Waals surface area (Å²) in [6.07, 6.45) is 5.21. The van der Waals surface area contributed by atoms with Crippen molar-refractivity contribution >= 4 is 5.91 Å². The second kappa shape index (κ2) is 4.17. The molecule has 2 aliphatic rings. The molecule has 17 heavy (non-hydrogen) atoms. The Labute approximate surface area is 102 Å². The van der Waals surface area contributed by atoms with Crippen LogP contribution in [0.2, 0.25) is 0 Å². The Kier molecular flexibility index (Phi) is 2.65. The van der Waals surface area contributed by atoms with Gasteiger partial charge in [-0.05, 0) is 49.7 Å². The van der Waals surface area contributed by atoms with Crippen LogP contribution < -0.4 is 5.32 Å². The van der Waals surface area contributed by atoms with Crippen LogP contribution in [0.25, 0.3) is 0 Å². The van der Waals surface area contributed by atoms with E-state index in [9.17, 15) is 4.79 Å². The zero-order valence-electron chi connectivity index (χ0n) is 10.3. The molecule has 90 valence electrons. The number of fused-ring (bicyclic) bond motifs is 2. The predicted octanol–water partition coefficient (Wildman–Crippen LogP) is 2.91. The van der Waals surface area contributed by atoms with Crippen molar-refractivity contribution in [2.45, 2.75) is 38.6 Å². The van der Waals surface area contributed by atoms with Gasteiger partial charge in [0.25, 0.3) is 5.91 Å². The molecule has 2 fully saturated rings. The van der Waals surface area contributed by atoms with Gasteiger partial charge in [-0.1, -0.05) is 24.6 Å². The molecule has 2 nitrogen and oxygen atoms in total. The van der Waals surface area contributed by atoms with Crippen LogP contribution in [0.15, 0.2) is 24.3 Å². The van der Waals surface area contributed by atoms with Gasteiger partial charge < -0.3 is 5.32 Å². The van der Waals surface area contributed by atoms with Gasteiger partial charge in [0.15, 0.2) is 0 Å². The molecule has 3 atom stereocenters. The average molecular weight is 229 g/mol. The fourth-order valence-corrected chi connectivity index (χ4v) is 3.50. The van der Waals surface area contributed by atoms with E-state index in [0.29, 0.717) is 6.04 Å². The Balaban J connectivity index is 1.70. The van der Waals surface area contributed by atoms with E-state index in [1.165, 1.54) is 25.7 Å². The first-order valence-electron chi connectivity index (χ1n) is 6.60. The Hall–Kier alpha value is -1.31. The van der Waals surface area contributed by atoms with Crippen molar-refractivity contribution in [1.29, 1.82) is 0 Å². The molecule has 0 heterocycles. The molecule has 0 aromatic heterocycles. The Bertz CT molecular complexity index is 440. The zero-order valence-corrected chi connectivity index (χ0v) is 10.3. The first-order valence-corrected chi connectivity index (χ1v) is 6.60. The van der Waals surface area contributed by atoms with Crippen LogP contribution in [0.4, 0.5) is 0 Å². The molecule has 2 aliphatic carbocycles. The lowest BCUT2D eigenvalue weighted by atomic mass is 9.95. The zero-order chi connectivity index (χ0) is 11.8. The summed E-state index contributed by atoms with van der Waals surface area (Å²) in [5.74, 6) is 1.73. The van der Waals surface area contributed by atoms with Gasteiger partial charge in [0, 0.05) is 11.6 Å². The second-order valence-electron chi connectivity index (χ2n) is 5.57. The monoisotopic (exact) mass is 229 g/mol. The molecule has 0 unspecified atom stereocenters. The van der Waals surface area contributed by atoms with Gasteiger partial charge in [-0.2, -0.15) is 0 Å². The largest absolute Gasteiger partial charge is 0.349 e. The number of rotatable bonds is 2. The molecule has 3 rings (SSSR count). The maximum Gasteiger partial charge on any atom is 0.251 e. The standard InChI is InChI=1S/C15H19NO/c1-10-4-2-3-5-13(10)15(17)16-14-9-11-6-7-12(14)8-11/h2-5,11-12,14H,6-9H2,1H3,(H,16,17)/t11-,12+,14-/m1/s1. The van der Waals surface area contributed by atoms with Gasteiger partial charge in [0.2, 0.25) is 0 Å². The molecular weight excluding hydrogens is 210 g/mol. The number of benzene rings is 1. The van der Waals surface area contributed by atoms with Crippen molar-refractivity contribution in [3.63, 3.8) is 0 Å². The summed E-state index contributed by atoms with van der Waals surface area (Å²) in [6, 6.07) is 8.25. The number of amides is 1. The molecule has 2 saturated carbocycles. The minimum atomic E-state index is 0.112. The maximum atomic E-state index is 12.2. The first-order chi connectivity index (χ1) is 8.24. The topological polar surface area (TPSA) is 29.1 Å². The minimum Gasteiger partial charge on any atom is -0.349 e. The predicted molar refractivity (Wildman–Crippen MR) is 67.9 cm³/mol. The third-order valence-electron chi connectivity index (χ3n) is 4.44. The lowest BCUT2D eigenvalue weighted by molar-refractivity contribution is 0.0922. The van der Waals surface area contributed by atoms with E-state index in [1.54, 1.807) is 0 Å². The number of nitrogens with one attached hydrogen (secondary N) is 1.